The zero-order chi connectivity index (χ0) is 24.4. The molecule has 1 saturated heterocycles. The van der Waals surface area contributed by atoms with Gasteiger partial charge in [0.05, 0.1) is 0 Å². The Kier molecular flexibility index (Phi) is 7.77. The molecule has 2 aliphatic rings. The van der Waals surface area contributed by atoms with E-state index in [0.29, 0.717) is 18.3 Å². The smallest absolute Gasteiger partial charge is 0.410 e. The molecule has 184 valence electrons. The predicted molar refractivity (Wildman–Crippen MR) is 132 cm³/mol. The van der Waals surface area contributed by atoms with Gasteiger partial charge in [0.2, 0.25) is 5.91 Å². The summed E-state index contributed by atoms with van der Waals surface area (Å²) < 4.78 is 5.56. The number of nitrogens with zero attached hydrogens (tertiary/aromatic N) is 2. The minimum atomic E-state index is -0.598. The van der Waals surface area contributed by atoms with E-state index in [2.05, 4.69) is 61.3 Å². The van der Waals surface area contributed by atoms with E-state index in [9.17, 15) is 9.59 Å². The van der Waals surface area contributed by atoms with Gasteiger partial charge in [0.25, 0.3) is 0 Å². The third-order valence-electron chi connectivity index (χ3n) is 6.77. The number of ether oxygens (including phenoxy) is 1. The molecule has 3 rings (SSSR count). The standard InChI is InChI=1S/C27H43N3O3/c1-26(2,3)15-23(29(7)25(32)33-27(4,5)6)24(31)28-22-14-13-20-17-30(18-21(20)22)16-19-11-9-8-10-12-19/h8-12,20-23H,13-18H2,1-7H3,(H,28,31)/t20-,21+,22+,23-/m0/s1. The summed E-state index contributed by atoms with van der Waals surface area (Å²) in [5.41, 5.74) is 0.636. The van der Waals surface area contributed by atoms with Gasteiger partial charge >= 0.3 is 6.09 Å². The lowest BCUT2D eigenvalue weighted by molar-refractivity contribution is -0.128. The average Bonchev–Trinajstić information content (AvgIpc) is 3.25. The maximum Gasteiger partial charge on any atom is 0.410 e. The minimum Gasteiger partial charge on any atom is -0.444 e. The zero-order valence-electron chi connectivity index (χ0n) is 21.6. The van der Waals surface area contributed by atoms with Crippen molar-refractivity contribution >= 4 is 12.0 Å². The maximum atomic E-state index is 13.5. The monoisotopic (exact) mass is 457 g/mol. The molecule has 0 aromatic heterocycles. The molecule has 1 heterocycles. The molecular weight excluding hydrogens is 414 g/mol. The van der Waals surface area contributed by atoms with Crippen LogP contribution in [0.5, 0.6) is 0 Å². The molecule has 33 heavy (non-hydrogen) atoms. The van der Waals surface area contributed by atoms with Crippen molar-refractivity contribution in [3.8, 4) is 0 Å². The first-order valence-electron chi connectivity index (χ1n) is 12.3. The number of carbonyl (C=O) groups excluding carboxylic acids is 2. The first kappa shape index (κ1) is 25.5. The van der Waals surface area contributed by atoms with Crippen LogP contribution in [0.2, 0.25) is 0 Å². The van der Waals surface area contributed by atoms with Gasteiger partial charge in [-0.05, 0) is 62.8 Å². The van der Waals surface area contributed by atoms with Gasteiger partial charge in [-0.2, -0.15) is 0 Å². The van der Waals surface area contributed by atoms with Crippen molar-refractivity contribution in [3.05, 3.63) is 35.9 Å². The number of likely N-dealkylation sites (N-methyl/N-ethyl adjacent to an activating group) is 1. The Bertz CT molecular complexity index is 812. The molecule has 2 fully saturated rings. The summed E-state index contributed by atoms with van der Waals surface area (Å²) in [4.78, 5) is 30.2. The number of likely N-dealkylation sites (tertiary alicyclic amines) is 1. The summed E-state index contributed by atoms with van der Waals surface area (Å²) in [6.45, 7) is 14.9. The van der Waals surface area contributed by atoms with Crippen molar-refractivity contribution in [1.29, 1.82) is 0 Å². The van der Waals surface area contributed by atoms with Crippen molar-refractivity contribution < 1.29 is 14.3 Å². The fourth-order valence-electron chi connectivity index (χ4n) is 5.23. The predicted octanol–water partition coefficient (Wildman–Crippen LogP) is 4.68. The molecule has 1 aliphatic heterocycles. The van der Waals surface area contributed by atoms with Gasteiger partial charge in [-0.25, -0.2) is 4.79 Å². The van der Waals surface area contributed by atoms with Crippen LogP contribution in [0.1, 0.15) is 66.4 Å². The summed E-state index contributed by atoms with van der Waals surface area (Å²) in [6, 6.07) is 10.2. The molecule has 1 saturated carbocycles. The Labute approximate surface area is 200 Å². The van der Waals surface area contributed by atoms with E-state index in [4.69, 9.17) is 4.74 Å². The van der Waals surface area contributed by atoms with Crippen molar-refractivity contribution in [2.24, 2.45) is 17.3 Å². The zero-order valence-corrected chi connectivity index (χ0v) is 21.6. The molecule has 1 aliphatic carbocycles. The fraction of sp³-hybridized carbons (Fsp3) is 0.704. The Morgan fingerprint density at radius 3 is 2.36 bits per heavy atom. The van der Waals surface area contributed by atoms with Crippen LogP contribution in [-0.4, -0.2) is 59.6 Å². The van der Waals surface area contributed by atoms with Crippen LogP contribution in [0.25, 0.3) is 0 Å². The van der Waals surface area contributed by atoms with Gasteiger partial charge in [0, 0.05) is 32.7 Å². The molecule has 1 aromatic rings. The first-order chi connectivity index (χ1) is 15.3. The molecule has 0 spiro atoms. The molecule has 2 amide bonds. The highest BCUT2D eigenvalue weighted by Gasteiger charge is 2.44. The van der Waals surface area contributed by atoms with Gasteiger partial charge in [-0.3, -0.25) is 14.6 Å². The van der Waals surface area contributed by atoms with Gasteiger partial charge in [-0.1, -0.05) is 51.1 Å². The highest BCUT2D eigenvalue weighted by atomic mass is 16.6. The SMILES string of the molecule is CN(C(=O)OC(C)(C)C)[C@@H](CC(C)(C)C)C(=O)N[C@@H]1CC[C@H]2CN(Cc3ccccc3)C[C@H]21. The summed E-state index contributed by atoms with van der Waals surface area (Å²) in [7, 11) is 1.68. The molecule has 6 nitrogen and oxygen atoms in total. The number of hydrogen-bond acceptors (Lipinski definition) is 4. The van der Waals surface area contributed by atoms with Crippen LogP contribution in [0.3, 0.4) is 0 Å². The molecule has 4 atom stereocenters. The topological polar surface area (TPSA) is 61.9 Å². The van der Waals surface area contributed by atoms with Crippen molar-refractivity contribution in [2.45, 2.75) is 85.0 Å². The van der Waals surface area contributed by atoms with Crippen LogP contribution in [0, 0.1) is 17.3 Å². The Hall–Kier alpha value is -2.08. The number of fused-ring (bicyclic) bond motifs is 1. The van der Waals surface area contributed by atoms with Gasteiger partial charge < -0.3 is 10.1 Å². The van der Waals surface area contributed by atoms with Crippen LogP contribution in [-0.2, 0) is 16.1 Å². The lowest BCUT2D eigenvalue weighted by atomic mass is 9.87. The van der Waals surface area contributed by atoms with Crippen molar-refractivity contribution in [1.82, 2.24) is 15.1 Å². The summed E-state index contributed by atoms with van der Waals surface area (Å²) in [5, 5.41) is 3.34. The Morgan fingerprint density at radius 2 is 1.76 bits per heavy atom. The summed E-state index contributed by atoms with van der Waals surface area (Å²) >= 11 is 0. The quantitative estimate of drug-likeness (QED) is 0.673. The van der Waals surface area contributed by atoms with Gasteiger partial charge in [0.15, 0.2) is 0 Å². The third kappa shape index (κ3) is 7.20. The number of rotatable bonds is 6. The average molecular weight is 458 g/mol. The molecule has 1 aromatic carbocycles. The normalized spacial score (nSPS) is 24.3. The Morgan fingerprint density at radius 1 is 1.09 bits per heavy atom. The fourth-order valence-corrected chi connectivity index (χ4v) is 5.23. The Balaban J connectivity index is 1.64. The van der Waals surface area contributed by atoms with Gasteiger partial charge in [0.1, 0.15) is 11.6 Å². The van der Waals surface area contributed by atoms with Crippen LogP contribution >= 0.6 is 0 Å². The van der Waals surface area contributed by atoms with Crippen LogP contribution in [0.15, 0.2) is 30.3 Å². The van der Waals surface area contributed by atoms with E-state index in [1.165, 1.54) is 10.5 Å². The molecule has 0 radical (unpaired) electrons. The number of carbonyl (C=O) groups is 2. The highest BCUT2D eigenvalue weighted by molar-refractivity contribution is 5.86. The van der Waals surface area contributed by atoms with E-state index in [1.807, 2.05) is 20.8 Å². The van der Waals surface area contributed by atoms with E-state index >= 15 is 0 Å². The van der Waals surface area contributed by atoms with E-state index in [1.54, 1.807) is 7.05 Å². The number of benzene rings is 1. The molecule has 1 N–H and O–H groups in total. The highest BCUT2D eigenvalue weighted by Crippen LogP contribution is 2.39. The number of hydrogen-bond donors (Lipinski definition) is 1. The van der Waals surface area contributed by atoms with E-state index < -0.39 is 17.7 Å². The lowest BCUT2D eigenvalue weighted by Crippen LogP contribution is -2.53. The molecule has 0 unspecified atom stereocenters. The summed E-state index contributed by atoms with van der Waals surface area (Å²) in [6.07, 6.45) is 2.28. The van der Waals surface area contributed by atoms with E-state index in [0.717, 1.165) is 32.5 Å². The second-order valence-electron chi connectivity index (χ2n) is 12.2. The number of nitrogens with one attached hydrogen (secondary N) is 1. The second kappa shape index (κ2) is 10.0. The lowest BCUT2D eigenvalue weighted by Gasteiger charge is -2.34. The van der Waals surface area contributed by atoms with Crippen molar-refractivity contribution in [2.75, 3.05) is 20.1 Å². The van der Waals surface area contributed by atoms with Gasteiger partial charge in [-0.15, -0.1) is 0 Å². The largest absolute Gasteiger partial charge is 0.444 e. The van der Waals surface area contributed by atoms with Crippen LogP contribution < -0.4 is 5.32 Å². The minimum absolute atomic E-state index is 0.0644. The van der Waals surface area contributed by atoms with Crippen molar-refractivity contribution in [3.63, 3.8) is 0 Å². The molecule has 0 bridgehead atoms. The number of amides is 2. The second-order valence-corrected chi connectivity index (χ2v) is 12.2. The van der Waals surface area contributed by atoms with Crippen LogP contribution in [0.4, 0.5) is 4.79 Å². The first-order valence-corrected chi connectivity index (χ1v) is 12.3. The molecule has 6 heteroatoms. The maximum absolute atomic E-state index is 13.5. The van der Waals surface area contributed by atoms with E-state index in [-0.39, 0.29) is 17.4 Å². The molecular formula is C27H43N3O3. The third-order valence-corrected chi connectivity index (χ3v) is 6.77. The summed E-state index contributed by atoms with van der Waals surface area (Å²) in [5.74, 6) is 1.04.